The third-order valence-corrected chi connectivity index (χ3v) is 3.49. The highest BCUT2D eigenvalue weighted by atomic mass is 16.6. The fourth-order valence-electron chi connectivity index (χ4n) is 2.12. The van der Waals surface area contributed by atoms with Gasteiger partial charge in [0.2, 0.25) is 0 Å². The molecule has 2 aliphatic rings. The molecule has 1 heterocycles. The molecule has 3 rings (SSSR count). The van der Waals surface area contributed by atoms with Crippen molar-refractivity contribution in [2.75, 3.05) is 19.8 Å². The molecule has 132 valence electrons. The second-order valence-electron chi connectivity index (χ2n) is 5.64. The first-order valence-corrected chi connectivity index (χ1v) is 7.95. The molecule has 2 N–H and O–H groups in total. The quantitative estimate of drug-likeness (QED) is 0.609. The molecule has 3 amide bonds. The van der Waals surface area contributed by atoms with Crippen LogP contribution in [0.2, 0.25) is 0 Å². The summed E-state index contributed by atoms with van der Waals surface area (Å²) in [6, 6.07) is 4.84. The third-order valence-electron chi connectivity index (χ3n) is 3.49. The Labute approximate surface area is 144 Å². The number of imide groups is 1. The van der Waals surface area contributed by atoms with Crippen LogP contribution in [0.3, 0.4) is 0 Å². The van der Waals surface area contributed by atoms with Gasteiger partial charge >= 0.3 is 12.0 Å². The topological polar surface area (TPSA) is 103 Å². The maximum Gasteiger partial charge on any atom is 0.331 e. The van der Waals surface area contributed by atoms with Gasteiger partial charge in [-0.1, -0.05) is 6.07 Å². The minimum absolute atomic E-state index is 0.143. The van der Waals surface area contributed by atoms with Gasteiger partial charge in [-0.3, -0.25) is 10.1 Å². The minimum Gasteiger partial charge on any atom is -0.486 e. The highest BCUT2D eigenvalue weighted by Gasteiger charge is 2.24. The van der Waals surface area contributed by atoms with Gasteiger partial charge in [0.1, 0.15) is 13.2 Å². The first-order chi connectivity index (χ1) is 12.1. The van der Waals surface area contributed by atoms with Crippen LogP contribution in [-0.4, -0.2) is 43.8 Å². The predicted molar refractivity (Wildman–Crippen MR) is 87.1 cm³/mol. The summed E-state index contributed by atoms with van der Waals surface area (Å²) in [5.41, 5.74) is 0.731. The van der Waals surface area contributed by atoms with E-state index in [2.05, 4.69) is 10.6 Å². The number of amides is 3. The number of hydrogen-bond acceptors (Lipinski definition) is 6. The number of hydrogen-bond donors (Lipinski definition) is 2. The van der Waals surface area contributed by atoms with Gasteiger partial charge < -0.3 is 19.5 Å². The second-order valence-corrected chi connectivity index (χ2v) is 5.64. The van der Waals surface area contributed by atoms with Gasteiger partial charge in [0.05, 0.1) is 0 Å². The number of urea groups is 1. The van der Waals surface area contributed by atoms with E-state index in [-0.39, 0.29) is 6.04 Å². The number of carbonyl (C=O) groups is 3. The monoisotopic (exact) mass is 346 g/mol. The Morgan fingerprint density at radius 1 is 1.16 bits per heavy atom. The Bertz CT molecular complexity index is 711. The SMILES string of the molecule is O=C(COC(=O)/C=C/c1ccc2c(c1)OCCO2)NC(=O)NC1CC1. The summed E-state index contributed by atoms with van der Waals surface area (Å²) in [6.45, 7) is 0.462. The lowest BCUT2D eigenvalue weighted by Crippen LogP contribution is -2.42. The molecule has 1 fully saturated rings. The molecule has 0 saturated heterocycles. The van der Waals surface area contributed by atoms with Crippen molar-refractivity contribution in [1.82, 2.24) is 10.6 Å². The normalized spacial score (nSPS) is 15.5. The zero-order valence-electron chi connectivity index (χ0n) is 13.4. The molecule has 1 aromatic carbocycles. The number of esters is 1. The van der Waals surface area contributed by atoms with Crippen LogP contribution in [0.1, 0.15) is 18.4 Å². The molecule has 1 aromatic rings. The summed E-state index contributed by atoms with van der Waals surface area (Å²) >= 11 is 0. The second kappa shape index (κ2) is 7.69. The number of nitrogens with one attached hydrogen (secondary N) is 2. The fourth-order valence-corrected chi connectivity index (χ4v) is 2.12. The van der Waals surface area contributed by atoms with Crippen LogP contribution >= 0.6 is 0 Å². The molecule has 0 atom stereocenters. The van der Waals surface area contributed by atoms with Crippen molar-refractivity contribution in [3.63, 3.8) is 0 Å². The molecule has 0 unspecified atom stereocenters. The van der Waals surface area contributed by atoms with E-state index in [0.717, 1.165) is 18.4 Å². The molecule has 0 radical (unpaired) electrons. The van der Waals surface area contributed by atoms with Crippen molar-refractivity contribution in [2.24, 2.45) is 0 Å². The van der Waals surface area contributed by atoms with Crippen LogP contribution in [0.4, 0.5) is 4.79 Å². The predicted octanol–water partition coefficient (Wildman–Crippen LogP) is 1.00. The van der Waals surface area contributed by atoms with Crippen LogP contribution in [-0.2, 0) is 14.3 Å². The maximum atomic E-state index is 11.6. The molecule has 0 aromatic heterocycles. The Morgan fingerprint density at radius 2 is 1.92 bits per heavy atom. The van der Waals surface area contributed by atoms with Crippen LogP contribution in [0.15, 0.2) is 24.3 Å². The molecular weight excluding hydrogens is 328 g/mol. The van der Waals surface area contributed by atoms with Gasteiger partial charge in [-0.05, 0) is 36.6 Å². The molecule has 1 saturated carbocycles. The van der Waals surface area contributed by atoms with Gasteiger partial charge in [-0.2, -0.15) is 0 Å². The molecule has 1 aliphatic heterocycles. The average Bonchev–Trinajstić information content (AvgIpc) is 3.41. The lowest BCUT2D eigenvalue weighted by atomic mass is 10.2. The summed E-state index contributed by atoms with van der Waals surface area (Å²) in [4.78, 5) is 34.5. The van der Waals surface area contributed by atoms with Gasteiger partial charge in [0, 0.05) is 12.1 Å². The third kappa shape index (κ3) is 5.23. The zero-order chi connectivity index (χ0) is 17.6. The van der Waals surface area contributed by atoms with Crippen molar-refractivity contribution >= 4 is 24.0 Å². The average molecular weight is 346 g/mol. The highest BCUT2D eigenvalue weighted by Crippen LogP contribution is 2.31. The summed E-state index contributed by atoms with van der Waals surface area (Å²) in [7, 11) is 0. The molecule has 8 nitrogen and oxygen atoms in total. The fraction of sp³-hybridized carbons (Fsp3) is 0.353. The van der Waals surface area contributed by atoms with E-state index in [1.54, 1.807) is 18.2 Å². The van der Waals surface area contributed by atoms with E-state index in [9.17, 15) is 14.4 Å². The number of ether oxygens (including phenoxy) is 3. The van der Waals surface area contributed by atoms with Gasteiger partial charge in [0.25, 0.3) is 5.91 Å². The van der Waals surface area contributed by atoms with Gasteiger partial charge in [0.15, 0.2) is 18.1 Å². The number of fused-ring (bicyclic) bond motifs is 1. The maximum absolute atomic E-state index is 11.6. The molecule has 1 aliphatic carbocycles. The van der Waals surface area contributed by atoms with Crippen LogP contribution in [0, 0.1) is 0 Å². The Hall–Kier alpha value is -3.03. The van der Waals surface area contributed by atoms with E-state index >= 15 is 0 Å². The van der Waals surface area contributed by atoms with Crippen LogP contribution in [0.5, 0.6) is 11.5 Å². The molecule has 8 heteroatoms. The van der Waals surface area contributed by atoms with Crippen molar-refractivity contribution in [3.05, 3.63) is 29.8 Å². The van der Waals surface area contributed by atoms with E-state index in [1.807, 2.05) is 0 Å². The van der Waals surface area contributed by atoms with Crippen molar-refractivity contribution in [2.45, 2.75) is 18.9 Å². The summed E-state index contributed by atoms with van der Waals surface area (Å²) < 4.78 is 15.6. The Morgan fingerprint density at radius 3 is 2.68 bits per heavy atom. The van der Waals surface area contributed by atoms with E-state index in [4.69, 9.17) is 14.2 Å². The number of benzene rings is 1. The van der Waals surface area contributed by atoms with Crippen molar-refractivity contribution < 1.29 is 28.6 Å². The van der Waals surface area contributed by atoms with Crippen molar-refractivity contribution in [3.8, 4) is 11.5 Å². The Balaban J connectivity index is 1.43. The van der Waals surface area contributed by atoms with Gasteiger partial charge in [-0.15, -0.1) is 0 Å². The van der Waals surface area contributed by atoms with E-state index in [1.165, 1.54) is 12.2 Å². The zero-order valence-corrected chi connectivity index (χ0v) is 13.4. The molecule has 0 bridgehead atoms. The minimum atomic E-state index is -0.687. The summed E-state index contributed by atoms with van der Waals surface area (Å²) in [5, 5.41) is 4.69. The smallest absolute Gasteiger partial charge is 0.331 e. The van der Waals surface area contributed by atoms with Gasteiger partial charge in [-0.25, -0.2) is 9.59 Å². The lowest BCUT2D eigenvalue weighted by Gasteiger charge is -2.18. The molecular formula is C17H18N2O6. The largest absolute Gasteiger partial charge is 0.486 e. The van der Waals surface area contributed by atoms with E-state index < -0.39 is 24.5 Å². The van der Waals surface area contributed by atoms with E-state index in [0.29, 0.717) is 24.7 Å². The summed E-state index contributed by atoms with van der Waals surface area (Å²) in [5.74, 6) is -0.0955. The van der Waals surface area contributed by atoms with Crippen LogP contribution in [0.25, 0.3) is 6.08 Å². The lowest BCUT2D eigenvalue weighted by molar-refractivity contribution is -0.143. The Kier molecular flexibility index (Phi) is 5.17. The summed E-state index contributed by atoms with van der Waals surface area (Å²) in [6.07, 6.45) is 4.57. The molecule has 25 heavy (non-hydrogen) atoms. The first kappa shape index (κ1) is 16.8. The van der Waals surface area contributed by atoms with Crippen molar-refractivity contribution in [1.29, 1.82) is 0 Å². The number of rotatable bonds is 5. The number of carbonyl (C=O) groups excluding carboxylic acids is 3. The first-order valence-electron chi connectivity index (χ1n) is 7.95. The van der Waals surface area contributed by atoms with Crippen LogP contribution < -0.4 is 20.1 Å². The standard InChI is InChI=1S/C17H18N2O6/c20-15(19-17(22)18-12-3-4-12)10-25-16(21)6-2-11-1-5-13-14(9-11)24-8-7-23-13/h1-2,5-6,9,12H,3-4,7-8,10H2,(H2,18,19,20,22)/b6-2+. The molecule has 0 spiro atoms. The highest BCUT2D eigenvalue weighted by molar-refractivity contribution is 5.96.